The molecule has 0 saturated carbocycles. The number of carbonyl (C=O) groups is 1. The maximum atomic E-state index is 11.9. The lowest BCUT2D eigenvalue weighted by Gasteiger charge is -2.06. The van der Waals surface area contributed by atoms with Crippen molar-refractivity contribution in [3.8, 4) is 11.1 Å². The summed E-state index contributed by atoms with van der Waals surface area (Å²) in [4.78, 5) is 15.3. The lowest BCUT2D eigenvalue weighted by atomic mass is 9.97. The number of aromatic nitrogens is 1. The van der Waals surface area contributed by atoms with E-state index in [0.717, 1.165) is 45.6 Å². The van der Waals surface area contributed by atoms with Gasteiger partial charge in [0, 0.05) is 27.4 Å². The Balaban J connectivity index is 1.98. The summed E-state index contributed by atoms with van der Waals surface area (Å²) < 4.78 is 0. The number of H-pyrrole nitrogens is 1. The Morgan fingerprint density at radius 1 is 0.909 bits per heavy atom. The van der Waals surface area contributed by atoms with Gasteiger partial charge in [-0.1, -0.05) is 42.5 Å². The number of hydrogen-bond donors (Lipinski definition) is 1. The van der Waals surface area contributed by atoms with Crippen molar-refractivity contribution in [3.05, 3.63) is 71.3 Å². The first-order valence-electron chi connectivity index (χ1n) is 7.46. The van der Waals surface area contributed by atoms with E-state index in [1.54, 1.807) is 0 Å². The summed E-state index contributed by atoms with van der Waals surface area (Å²) in [6, 6.07) is 18.8. The second-order valence-electron chi connectivity index (χ2n) is 5.86. The highest BCUT2D eigenvalue weighted by atomic mass is 16.1. The molecule has 0 spiro atoms. The molecule has 4 aromatic rings. The number of nitrogens with one attached hydrogen (secondary N) is 1. The van der Waals surface area contributed by atoms with Gasteiger partial charge < -0.3 is 4.98 Å². The van der Waals surface area contributed by atoms with Crippen LogP contribution in [0.3, 0.4) is 0 Å². The monoisotopic (exact) mass is 283 g/mol. The Bertz CT molecular complexity index is 1070. The quantitative estimate of drug-likeness (QED) is 0.444. The van der Waals surface area contributed by atoms with Crippen LogP contribution in [0, 0.1) is 0 Å². The molecule has 1 aliphatic rings. The number of fused-ring (bicyclic) bond motifs is 6. The first-order valence-corrected chi connectivity index (χ1v) is 7.46. The lowest BCUT2D eigenvalue weighted by Crippen LogP contribution is -1.92. The smallest absolute Gasteiger partial charge is 0.151 e. The van der Waals surface area contributed by atoms with E-state index >= 15 is 0 Å². The molecule has 2 nitrogen and oxygen atoms in total. The molecule has 0 amide bonds. The van der Waals surface area contributed by atoms with Gasteiger partial charge in [0.1, 0.15) is 0 Å². The first-order chi connectivity index (χ1) is 10.9. The summed E-state index contributed by atoms with van der Waals surface area (Å²) >= 11 is 0. The molecule has 0 aliphatic heterocycles. The minimum atomic E-state index is 0.834. The average molecular weight is 283 g/mol. The molecule has 0 unspecified atom stereocenters. The molecule has 22 heavy (non-hydrogen) atoms. The lowest BCUT2D eigenvalue weighted by molar-refractivity contribution is 0.112. The van der Waals surface area contributed by atoms with Crippen molar-refractivity contribution < 1.29 is 4.79 Å². The average Bonchev–Trinajstić information content (AvgIpc) is 3.11. The molecular weight excluding hydrogens is 270 g/mol. The SMILES string of the molecule is O=Cc1c2c(cc3[nH]c4ccccc4c13)-c1ccccc1C2. The third-order valence-electron chi connectivity index (χ3n) is 4.74. The first kappa shape index (κ1) is 11.8. The normalized spacial score (nSPS) is 12.5. The van der Waals surface area contributed by atoms with Crippen LogP contribution in [0.2, 0.25) is 0 Å². The number of carbonyl (C=O) groups excluding carboxylic acids is 1. The molecule has 104 valence electrons. The molecule has 0 fully saturated rings. The van der Waals surface area contributed by atoms with Crippen LogP contribution in [0.5, 0.6) is 0 Å². The van der Waals surface area contributed by atoms with Crippen LogP contribution < -0.4 is 0 Å². The summed E-state index contributed by atoms with van der Waals surface area (Å²) in [7, 11) is 0. The van der Waals surface area contributed by atoms with Crippen LogP contribution in [-0.4, -0.2) is 11.3 Å². The van der Waals surface area contributed by atoms with Gasteiger partial charge >= 0.3 is 0 Å². The zero-order valence-corrected chi connectivity index (χ0v) is 11.9. The predicted molar refractivity (Wildman–Crippen MR) is 89.4 cm³/mol. The van der Waals surface area contributed by atoms with Crippen LogP contribution in [0.15, 0.2) is 54.6 Å². The second-order valence-corrected chi connectivity index (χ2v) is 5.86. The number of aldehydes is 1. The van der Waals surface area contributed by atoms with Gasteiger partial charge in [0.25, 0.3) is 0 Å². The van der Waals surface area contributed by atoms with Crippen molar-refractivity contribution >= 4 is 28.1 Å². The Labute approximate surface area is 127 Å². The van der Waals surface area contributed by atoms with Gasteiger partial charge in [0.2, 0.25) is 0 Å². The van der Waals surface area contributed by atoms with E-state index < -0.39 is 0 Å². The summed E-state index contributed by atoms with van der Waals surface area (Å²) in [6.07, 6.45) is 1.86. The topological polar surface area (TPSA) is 32.9 Å². The highest BCUT2D eigenvalue weighted by Crippen LogP contribution is 2.42. The summed E-state index contributed by atoms with van der Waals surface area (Å²) in [5, 5.41) is 2.18. The maximum absolute atomic E-state index is 11.9. The molecule has 0 radical (unpaired) electrons. The molecule has 1 N–H and O–H groups in total. The van der Waals surface area contributed by atoms with Crippen LogP contribution in [0.1, 0.15) is 21.5 Å². The fraction of sp³-hybridized carbons (Fsp3) is 0.0500. The Kier molecular flexibility index (Phi) is 2.18. The number of benzene rings is 3. The van der Waals surface area contributed by atoms with Crippen molar-refractivity contribution in [2.75, 3.05) is 0 Å². The van der Waals surface area contributed by atoms with Gasteiger partial charge in [0.05, 0.1) is 0 Å². The summed E-state index contributed by atoms with van der Waals surface area (Å²) in [6.45, 7) is 0. The van der Waals surface area contributed by atoms with Gasteiger partial charge in [0.15, 0.2) is 6.29 Å². The van der Waals surface area contributed by atoms with E-state index in [0.29, 0.717) is 0 Å². The van der Waals surface area contributed by atoms with Crippen LogP contribution in [0.25, 0.3) is 32.9 Å². The molecule has 1 aromatic heterocycles. The molecule has 3 aromatic carbocycles. The zero-order chi connectivity index (χ0) is 14.7. The van der Waals surface area contributed by atoms with Crippen molar-refractivity contribution in [1.29, 1.82) is 0 Å². The molecule has 5 rings (SSSR count). The van der Waals surface area contributed by atoms with Crippen molar-refractivity contribution in [2.45, 2.75) is 6.42 Å². The van der Waals surface area contributed by atoms with E-state index in [1.165, 1.54) is 16.7 Å². The molecular formula is C20H13NO. The molecule has 0 bridgehead atoms. The molecule has 1 heterocycles. The molecule has 0 atom stereocenters. The van der Waals surface area contributed by atoms with Crippen LogP contribution in [0.4, 0.5) is 0 Å². The van der Waals surface area contributed by atoms with Gasteiger partial charge in [-0.05, 0) is 40.8 Å². The van der Waals surface area contributed by atoms with Crippen LogP contribution >= 0.6 is 0 Å². The standard InChI is InChI=1S/C20H13NO/c22-11-17-15-9-12-5-1-2-6-13(12)16(15)10-19-20(17)14-7-3-4-8-18(14)21-19/h1-8,10-11,21H,9H2. The third kappa shape index (κ3) is 1.37. The minimum Gasteiger partial charge on any atom is -0.354 e. The molecule has 1 aliphatic carbocycles. The molecule has 0 saturated heterocycles. The summed E-state index contributed by atoms with van der Waals surface area (Å²) in [5.74, 6) is 0. The highest BCUT2D eigenvalue weighted by molar-refractivity contribution is 6.16. The second kappa shape index (κ2) is 4.08. The largest absolute Gasteiger partial charge is 0.354 e. The Morgan fingerprint density at radius 3 is 2.64 bits per heavy atom. The van der Waals surface area contributed by atoms with E-state index in [4.69, 9.17) is 0 Å². The fourth-order valence-corrected chi connectivity index (χ4v) is 3.78. The number of hydrogen-bond acceptors (Lipinski definition) is 1. The number of aromatic amines is 1. The van der Waals surface area contributed by atoms with E-state index in [-0.39, 0.29) is 0 Å². The fourth-order valence-electron chi connectivity index (χ4n) is 3.78. The van der Waals surface area contributed by atoms with Crippen molar-refractivity contribution in [3.63, 3.8) is 0 Å². The van der Waals surface area contributed by atoms with E-state index in [2.05, 4.69) is 47.4 Å². The van der Waals surface area contributed by atoms with Crippen LogP contribution in [-0.2, 0) is 6.42 Å². The van der Waals surface area contributed by atoms with Crippen molar-refractivity contribution in [2.24, 2.45) is 0 Å². The van der Waals surface area contributed by atoms with E-state index in [9.17, 15) is 4.79 Å². The Morgan fingerprint density at radius 2 is 1.73 bits per heavy atom. The minimum absolute atomic E-state index is 0.834. The zero-order valence-electron chi connectivity index (χ0n) is 11.9. The van der Waals surface area contributed by atoms with Gasteiger partial charge in [-0.15, -0.1) is 0 Å². The predicted octanol–water partition coefficient (Wildman–Crippen LogP) is 4.70. The number of rotatable bonds is 1. The van der Waals surface area contributed by atoms with Gasteiger partial charge in [-0.2, -0.15) is 0 Å². The maximum Gasteiger partial charge on any atom is 0.151 e. The molecule has 2 heteroatoms. The van der Waals surface area contributed by atoms with Gasteiger partial charge in [-0.25, -0.2) is 0 Å². The Hall–Kier alpha value is -2.87. The van der Waals surface area contributed by atoms with Gasteiger partial charge in [-0.3, -0.25) is 4.79 Å². The van der Waals surface area contributed by atoms with Crippen molar-refractivity contribution in [1.82, 2.24) is 4.98 Å². The third-order valence-corrected chi connectivity index (χ3v) is 4.74. The van der Waals surface area contributed by atoms with E-state index in [1.807, 2.05) is 12.1 Å². The number of para-hydroxylation sites is 1. The summed E-state index contributed by atoms with van der Waals surface area (Å²) in [5.41, 5.74) is 7.86. The highest BCUT2D eigenvalue weighted by Gasteiger charge is 2.24.